The summed E-state index contributed by atoms with van der Waals surface area (Å²) in [6.07, 6.45) is 4.73. The Morgan fingerprint density at radius 2 is 2.10 bits per heavy atom. The first-order valence-electron chi connectivity index (χ1n) is 6.86. The zero-order chi connectivity index (χ0) is 13.9. The van der Waals surface area contributed by atoms with Crippen LogP contribution in [0.3, 0.4) is 0 Å². The van der Waals surface area contributed by atoms with Crippen molar-refractivity contribution in [2.75, 3.05) is 13.2 Å². The molecular formula is C15H19N3O2. The highest BCUT2D eigenvalue weighted by Gasteiger charge is 2.14. The van der Waals surface area contributed by atoms with Crippen LogP contribution >= 0.6 is 0 Å². The van der Waals surface area contributed by atoms with Gasteiger partial charge in [-0.2, -0.15) is 5.10 Å². The lowest BCUT2D eigenvalue weighted by molar-refractivity contribution is 0.297. The molecule has 0 saturated heterocycles. The van der Waals surface area contributed by atoms with Crippen molar-refractivity contribution in [2.45, 2.75) is 25.9 Å². The number of aryl methyl sites for hydroxylation is 1. The lowest BCUT2D eigenvalue weighted by Gasteiger charge is -2.15. The van der Waals surface area contributed by atoms with Crippen molar-refractivity contribution in [2.24, 2.45) is 5.73 Å². The molecule has 0 spiro atoms. The van der Waals surface area contributed by atoms with Crippen LogP contribution < -0.4 is 15.2 Å². The number of aromatic nitrogens is 2. The fraction of sp³-hybridized carbons (Fsp3) is 0.400. The molecule has 2 N–H and O–H groups in total. The largest absolute Gasteiger partial charge is 0.490 e. The van der Waals surface area contributed by atoms with E-state index in [1.807, 2.05) is 42.2 Å². The maximum absolute atomic E-state index is 6.25. The van der Waals surface area contributed by atoms with Crippen molar-refractivity contribution in [3.63, 3.8) is 0 Å². The average Bonchev–Trinajstić information content (AvgIpc) is 2.72. The van der Waals surface area contributed by atoms with Gasteiger partial charge in [0.15, 0.2) is 11.5 Å². The minimum Gasteiger partial charge on any atom is -0.490 e. The predicted molar refractivity (Wildman–Crippen MR) is 75.9 cm³/mol. The van der Waals surface area contributed by atoms with Crippen LogP contribution in [0, 0.1) is 6.92 Å². The fourth-order valence-electron chi connectivity index (χ4n) is 2.28. The molecule has 2 heterocycles. The lowest BCUT2D eigenvalue weighted by atomic mass is 10.1. The van der Waals surface area contributed by atoms with Crippen LogP contribution in [0.1, 0.15) is 23.6 Å². The summed E-state index contributed by atoms with van der Waals surface area (Å²) in [5, 5.41) is 4.26. The standard InChI is InChI=1S/C15H19N3O2/c1-11-8-17-18(9-11)10-13(16)12-3-4-14-15(7-12)20-6-2-5-19-14/h3-4,7-9,13H,2,5-6,10,16H2,1H3. The molecule has 1 unspecified atom stereocenters. The van der Waals surface area contributed by atoms with Crippen LogP contribution in [-0.2, 0) is 6.54 Å². The number of fused-ring (bicyclic) bond motifs is 1. The first-order valence-corrected chi connectivity index (χ1v) is 6.86. The van der Waals surface area contributed by atoms with Gasteiger partial charge in [0.05, 0.1) is 26.0 Å². The molecular weight excluding hydrogens is 254 g/mol. The van der Waals surface area contributed by atoms with E-state index in [2.05, 4.69) is 5.10 Å². The number of nitrogens with zero attached hydrogens (tertiary/aromatic N) is 2. The molecule has 1 atom stereocenters. The summed E-state index contributed by atoms with van der Waals surface area (Å²) in [4.78, 5) is 0. The van der Waals surface area contributed by atoms with E-state index in [0.717, 1.165) is 29.0 Å². The van der Waals surface area contributed by atoms with E-state index >= 15 is 0 Å². The van der Waals surface area contributed by atoms with E-state index in [4.69, 9.17) is 15.2 Å². The molecule has 0 aliphatic carbocycles. The number of rotatable bonds is 3. The van der Waals surface area contributed by atoms with Crippen LogP contribution in [0.15, 0.2) is 30.6 Å². The summed E-state index contributed by atoms with van der Waals surface area (Å²) in [5.41, 5.74) is 8.42. The third-order valence-corrected chi connectivity index (χ3v) is 3.35. The Balaban J connectivity index is 1.77. The van der Waals surface area contributed by atoms with Gasteiger partial charge >= 0.3 is 0 Å². The lowest BCUT2D eigenvalue weighted by Crippen LogP contribution is -2.18. The molecule has 0 saturated carbocycles. The highest BCUT2D eigenvalue weighted by molar-refractivity contribution is 5.44. The Hall–Kier alpha value is -2.01. The van der Waals surface area contributed by atoms with Gasteiger partial charge in [-0.1, -0.05) is 6.07 Å². The average molecular weight is 273 g/mol. The van der Waals surface area contributed by atoms with Gasteiger partial charge in [0.25, 0.3) is 0 Å². The normalized spacial score (nSPS) is 15.7. The Labute approximate surface area is 118 Å². The van der Waals surface area contributed by atoms with E-state index < -0.39 is 0 Å². The molecule has 1 aliphatic heterocycles. The zero-order valence-electron chi connectivity index (χ0n) is 11.6. The van der Waals surface area contributed by atoms with E-state index in [1.165, 1.54) is 0 Å². The second-order valence-electron chi connectivity index (χ2n) is 5.10. The van der Waals surface area contributed by atoms with Crippen molar-refractivity contribution in [1.82, 2.24) is 9.78 Å². The molecule has 1 aromatic heterocycles. The van der Waals surface area contributed by atoms with Crippen LogP contribution in [-0.4, -0.2) is 23.0 Å². The Morgan fingerprint density at radius 3 is 2.85 bits per heavy atom. The van der Waals surface area contributed by atoms with Crippen molar-refractivity contribution in [1.29, 1.82) is 0 Å². The van der Waals surface area contributed by atoms with E-state index in [-0.39, 0.29) is 6.04 Å². The van der Waals surface area contributed by atoms with Gasteiger partial charge in [0.1, 0.15) is 0 Å². The smallest absolute Gasteiger partial charge is 0.161 e. The molecule has 0 fully saturated rings. The number of hydrogen-bond acceptors (Lipinski definition) is 4. The molecule has 2 aromatic rings. The summed E-state index contributed by atoms with van der Waals surface area (Å²) in [6.45, 7) is 4.05. The van der Waals surface area contributed by atoms with Gasteiger partial charge < -0.3 is 15.2 Å². The number of ether oxygens (including phenoxy) is 2. The Morgan fingerprint density at radius 1 is 1.30 bits per heavy atom. The SMILES string of the molecule is Cc1cnn(CC(N)c2ccc3c(c2)OCCCO3)c1. The van der Waals surface area contributed by atoms with Gasteiger partial charge in [-0.3, -0.25) is 4.68 Å². The first-order chi connectivity index (χ1) is 9.72. The molecule has 5 nitrogen and oxygen atoms in total. The second-order valence-corrected chi connectivity index (χ2v) is 5.10. The van der Waals surface area contributed by atoms with Gasteiger partial charge in [0, 0.05) is 18.7 Å². The predicted octanol–water partition coefficient (Wildman–Crippen LogP) is 2.05. The second kappa shape index (κ2) is 5.54. The summed E-state index contributed by atoms with van der Waals surface area (Å²) in [7, 11) is 0. The van der Waals surface area contributed by atoms with E-state index in [1.54, 1.807) is 0 Å². The van der Waals surface area contributed by atoms with Gasteiger partial charge in [0.2, 0.25) is 0 Å². The van der Waals surface area contributed by atoms with Gasteiger partial charge in [-0.15, -0.1) is 0 Å². The fourth-order valence-corrected chi connectivity index (χ4v) is 2.28. The van der Waals surface area contributed by atoms with Crippen molar-refractivity contribution in [3.05, 3.63) is 41.7 Å². The Kier molecular flexibility index (Phi) is 3.60. The van der Waals surface area contributed by atoms with E-state index in [9.17, 15) is 0 Å². The minimum atomic E-state index is -0.119. The molecule has 1 aliphatic rings. The summed E-state index contributed by atoms with van der Waals surface area (Å²) in [6, 6.07) is 5.78. The number of benzene rings is 1. The molecule has 0 amide bonds. The molecule has 0 radical (unpaired) electrons. The topological polar surface area (TPSA) is 62.3 Å². The van der Waals surface area contributed by atoms with Crippen molar-refractivity contribution < 1.29 is 9.47 Å². The quantitative estimate of drug-likeness (QED) is 0.929. The molecule has 20 heavy (non-hydrogen) atoms. The first kappa shape index (κ1) is 13.0. The molecule has 0 bridgehead atoms. The van der Waals surface area contributed by atoms with Crippen molar-refractivity contribution >= 4 is 0 Å². The highest BCUT2D eigenvalue weighted by Crippen LogP contribution is 2.32. The van der Waals surface area contributed by atoms with Crippen LogP contribution in [0.4, 0.5) is 0 Å². The van der Waals surface area contributed by atoms with Gasteiger partial charge in [-0.05, 0) is 30.2 Å². The van der Waals surface area contributed by atoms with Crippen molar-refractivity contribution in [3.8, 4) is 11.5 Å². The van der Waals surface area contributed by atoms with Crippen LogP contribution in [0.5, 0.6) is 11.5 Å². The van der Waals surface area contributed by atoms with Crippen LogP contribution in [0.2, 0.25) is 0 Å². The monoisotopic (exact) mass is 273 g/mol. The Bertz CT molecular complexity index is 595. The summed E-state index contributed by atoms with van der Waals surface area (Å²) < 4.78 is 13.2. The molecule has 3 rings (SSSR count). The molecule has 106 valence electrons. The molecule has 1 aromatic carbocycles. The molecule has 5 heteroatoms. The van der Waals surface area contributed by atoms with Crippen LogP contribution in [0.25, 0.3) is 0 Å². The van der Waals surface area contributed by atoms with Gasteiger partial charge in [-0.25, -0.2) is 0 Å². The zero-order valence-corrected chi connectivity index (χ0v) is 11.6. The number of nitrogens with two attached hydrogens (primary N) is 1. The maximum atomic E-state index is 6.25. The van der Waals surface area contributed by atoms with E-state index in [0.29, 0.717) is 19.8 Å². The highest BCUT2D eigenvalue weighted by atomic mass is 16.5. The summed E-state index contributed by atoms with van der Waals surface area (Å²) >= 11 is 0. The minimum absolute atomic E-state index is 0.119. The third kappa shape index (κ3) is 2.77. The summed E-state index contributed by atoms with van der Waals surface area (Å²) in [5.74, 6) is 1.58. The number of hydrogen-bond donors (Lipinski definition) is 1. The third-order valence-electron chi connectivity index (χ3n) is 3.35. The maximum Gasteiger partial charge on any atom is 0.161 e.